The van der Waals surface area contributed by atoms with Crippen molar-refractivity contribution < 1.29 is 8.78 Å². The molecule has 2 rings (SSSR count). The SMILES string of the molecule is NNc1ncc(F)c(Nc2cc(F)cc(Cl)c2)n1. The Hall–Kier alpha value is -1.99. The molecule has 4 N–H and O–H groups in total. The fourth-order valence-electron chi connectivity index (χ4n) is 1.29. The van der Waals surface area contributed by atoms with Gasteiger partial charge in [-0.3, -0.25) is 5.43 Å². The second kappa shape index (κ2) is 5.11. The molecule has 1 aromatic heterocycles. The van der Waals surface area contributed by atoms with Gasteiger partial charge in [-0.1, -0.05) is 11.6 Å². The van der Waals surface area contributed by atoms with Gasteiger partial charge >= 0.3 is 0 Å². The van der Waals surface area contributed by atoms with Gasteiger partial charge < -0.3 is 5.32 Å². The van der Waals surface area contributed by atoms with Crippen molar-refractivity contribution in [1.82, 2.24) is 9.97 Å². The van der Waals surface area contributed by atoms with Crippen molar-refractivity contribution in [2.24, 2.45) is 5.84 Å². The maximum absolute atomic E-state index is 13.4. The number of benzene rings is 1. The van der Waals surface area contributed by atoms with Crippen LogP contribution in [0.4, 0.5) is 26.2 Å². The number of anilines is 3. The Morgan fingerprint density at radius 2 is 2.00 bits per heavy atom. The number of rotatable bonds is 3. The highest BCUT2D eigenvalue weighted by molar-refractivity contribution is 6.30. The summed E-state index contributed by atoms with van der Waals surface area (Å²) in [6.07, 6.45) is 0.936. The molecule has 5 nitrogen and oxygen atoms in total. The van der Waals surface area contributed by atoms with E-state index in [2.05, 4.69) is 20.7 Å². The summed E-state index contributed by atoms with van der Waals surface area (Å²) >= 11 is 5.68. The number of aromatic nitrogens is 2. The number of nitrogens with one attached hydrogen (secondary N) is 2. The number of nitrogens with two attached hydrogens (primary N) is 1. The zero-order valence-corrected chi connectivity index (χ0v) is 9.67. The van der Waals surface area contributed by atoms with Crippen molar-refractivity contribution in [2.45, 2.75) is 0 Å². The summed E-state index contributed by atoms with van der Waals surface area (Å²) in [5.74, 6) is 3.75. The lowest BCUT2D eigenvalue weighted by molar-refractivity contribution is 0.618. The zero-order chi connectivity index (χ0) is 13.1. The van der Waals surface area contributed by atoms with Crippen LogP contribution in [0.25, 0.3) is 0 Å². The molecule has 0 amide bonds. The van der Waals surface area contributed by atoms with Crippen LogP contribution in [-0.2, 0) is 0 Å². The van der Waals surface area contributed by atoms with E-state index in [0.717, 1.165) is 18.3 Å². The largest absolute Gasteiger partial charge is 0.337 e. The molecule has 0 aliphatic rings. The normalized spacial score (nSPS) is 10.2. The smallest absolute Gasteiger partial charge is 0.239 e. The molecule has 0 atom stereocenters. The van der Waals surface area contributed by atoms with Crippen LogP contribution >= 0.6 is 11.6 Å². The average molecular weight is 272 g/mol. The van der Waals surface area contributed by atoms with Gasteiger partial charge in [0.05, 0.1) is 6.20 Å². The van der Waals surface area contributed by atoms with Crippen LogP contribution in [0.15, 0.2) is 24.4 Å². The van der Waals surface area contributed by atoms with E-state index in [9.17, 15) is 8.78 Å². The minimum absolute atomic E-state index is 0.0291. The van der Waals surface area contributed by atoms with Gasteiger partial charge in [-0.2, -0.15) is 4.98 Å². The minimum atomic E-state index is -0.700. The molecule has 18 heavy (non-hydrogen) atoms. The van der Waals surface area contributed by atoms with E-state index in [4.69, 9.17) is 17.4 Å². The summed E-state index contributed by atoms with van der Waals surface area (Å²) in [6.45, 7) is 0. The maximum atomic E-state index is 13.4. The number of hydrazine groups is 1. The predicted molar refractivity (Wildman–Crippen MR) is 64.5 cm³/mol. The van der Waals surface area contributed by atoms with Crippen molar-refractivity contribution in [3.8, 4) is 0 Å². The Bertz CT molecular complexity index is 558. The molecule has 0 unspecified atom stereocenters. The van der Waals surface area contributed by atoms with Crippen molar-refractivity contribution in [3.63, 3.8) is 0 Å². The number of halogens is 3. The number of nitrogens with zero attached hydrogens (tertiary/aromatic N) is 2. The highest BCUT2D eigenvalue weighted by Gasteiger charge is 2.08. The van der Waals surface area contributed by atoms with Crippen LogP contribution in [0.1, 0.15) is 0 Å². The predicted octanol–water partition coefficient (Wildman–Crippen LogP) is 2.44. The zero-order valence-electron chi connectivity index (χ0n) is 8.92. The summed E-state index contributed by atoms with van der Waals surface area (Å²) in [7, 11) is 0. The molecule has 0 fully saturated rings. The van der Waals surface area contributed by atoms with Crippen molar-refractivity contribution in [3.05, 3.63) is 41.1 Å². The molecular weight excluding hydrogens is 264 g/mol. The molecular formula is C10H8ClF2N5. The molecule has 0 aliphatic heterocycles. The van der Waals surface area contributed by atoms with E-state index in [1.807, 2.05) is 0 Å². The first kappa shape index (κ1) is 12.5. The molecule has 1 heterocycles. The van der Waals surface area contributed by atoms with Crippen LogP contribution in [0.2, 0.25) is 5.02 Å². The number of hydrogen-bond acceptors (Lipinski definition) is 5. The lowest BCUT2D eigenvalue weighted by Gasteiger charge is -2.08. The fraction of sp³-hybridized carbons (Fsp3) is 0. The van der Waals surface area contributed by atoms with Gasteiger partial charge in [-0.15, -0.1) is 0 Å². The van der Waals surface area contributed by atoms with Gasteiger partial charge in [0.15, 0.2) is 11.6 Å². The molecule has 8 heteroatoms. The summed E-state index contributed by atoms with van der Waals surface area (Å²) in [4.78, 5) is 7.32. The van der Waals surface area contributed by atoms with E-state index in [1.165, 1.54) is 6.07 Å². The van der Waals surface area contributed by atoms with Gasteiger partial charge in [0, 0.05) is 10.7 Å². The van der Waals surface area contributed by atoms with Crippen LogP contribution in [0.5, 0.6) is 0 Å². The summed E-state index contributed by atoms with van der Waals surface area (Å²) in [6, 6.07) is 3.72. The van der Waals surface area contributed by atoms with E-state index >= 15 is 0 Å². The standard InChI is InChI=1S/C10H8ClF2N5/c11-5-1-6(12)3-7(2-5)16-9-8(13)4-15-10(17-9)18-14/h1-4H,14H2,(H2,15,16,17,18). The minimum Gasteiger partial charge on any atom is -0.337 e. The molecule has 0 bridgehead atoms. The third-order valence-corrected chi connectivity index (χ3v) is 2.22. The molecule has 0 radical (unpaired) electrons. The Kier molecular flexibility index (Phi) is 3.54. The molecule has 0 saturated heterocycles. The summed E-state index contributed by atoms with van der Waals surface area (Å²) in [5.41, 5.74) is 2.44. The lowest BCUT2D eigenvalue weighted by atomic mass is 10.3. The Balaban J connectivity index is 2.33. The molecule has 1 aromatic carbocycles. The van der Waals surface area contributed by atoms with Gasteiger partial charge in [0.2, 0.25) is 5.95 Å². The molecule has 0 spiro atoms. The third kappa shape index (κ3) is 2.82. The van der Waals surface area contributed by atoms with Gasteiger partial charge in [-0.05, 0) is 18.2 Å². The first-order valence-electron chi connectivity index (χ1n) is 4.81. The Morgan fingerprint density at radius 3 is 2.67 bits per heavy atom. The Morgan fingerprint density at radius 1 is 1.22 bits per heavy atom. The van der Waals surface area contributed by atoms with Crippen molar-refractivity contribution in [2.75, 3.05) is 10.7 Å². The van der Waals surface area contributed by atoms with Gasteiger partial charge in [-0.25, -0.2) is 19.6 Å². The van der Waals surface area contributed by atoms with Crippen LogP contribution in [-0.4, -0.2) is 9.97 Å². The maximum Gasteiger partial charge on any atom is 0.239 e. The highest BCUT2D eigenvalue weighted by atomic mass is 35.5. The number of nitrogen functional groups attached to an aromatic ring is 1. The first-order chi connectivity index (χ1) is 8.58. The monoisotopic (exact) mass is 271 g/mol. The van der Waals surface area contributed by atoms with E-state index < -0.39 is 11.6 Å². The topological polar surface area (TPSA) is 75.9 Å². The molecule has 2 aromatic rings. The molecule has 94 valence electrons. The Labute approximate surface area is 106 Å². The van der Waals surface area contributed by atoms with E-state index in [-0.39, 0.29) is 22.5 Å². The lowest BCUT2D eigenvalue weighted by Crippen LogP contribution is -2.12. The van der Waals surface area contributed by atoms with Gasteiger partial charge in [0.25, 0.3) is 0 Å². The first-order valence-corrected chi connectivity index (χ1v) is 5.18. The van der Waals surface area contributed by atoms with E-state index in [1.54, 1.807) is 0 Å². The molecule has 0 aliphatic carbocycles. The van der Waals surface area contributed by atoms with E-state index in [0.29, 0.717) is 0 Å². The molecule has 0 saturated carbocycles. The summed E-state index contributed by atoms with van der Waals surface area (Å²) in [5, 5.41) is 2.77. The van der Waals surface area contributed by atoms with Crippen molar-refractivity contribution in [1.29, 1.82) is 0 Å². The van der Waals surface area contributed by atoms with Crippen LogP contribution in [0, 0.1) is 11.6 Å². The summed E-state index contributed by atoms with van der Waals surface area (Å²) < 4.78 is 26.5. The average Bonchev–Trinajstić information content (AvgIpc) is 2.30. The van der Waals surface area contributed by atoms with Crippen molar-refractivity contribution >= 4 is 29.1 Å². The quantitative estimate of drug-likeness (QED) is 0.590. The fourth-order valence-corrected chi connectivity index (χ4v) is 1.51. The third-order valence-electron chi connectivity index (χ3n) is 2.00. The van der Waals surface area contributed by atoms with Crippen LogP contribution < -0.4 is 16.6 Å². The van der Waals surface area contributed by atoms with Crippen LogP contribution in [0.3, 0.4) is 0 Å². The van der Waals surface area contributed by atoms with Gasteiger partial charge in [0.1, 0.15) is 5.82 Å². The number of hydrogen-bond donors (Lipinski definition) is 3. The second-order valence-electron chi connectivity index (χ2n) is 3.32. The highest BCUT2D eigenvalue weighted by Crippen LogP contribution is 2.22. The second-order valence-corrected chi connectivity index (χ2v) is 3.75.